The van der Waals surface area contributed by atoms with Crippen molar-refractivity contribution in [3.63, 3.8) is 0 Å². The fourth-order valence-electron chi connectivity index (χ4n) is 3.26. The number of benzene rings is 2. The summed E-state index contributed by atoms with van der Waals surface area (Å²) in [5.41, 5.74) is 2.62. The molecule has 5 heteroatoms. The molecule has 1 fully saturated rings. The minimum Gasteiger partial charge on any atom is -0.373 e. The van der Waals surface area contributed by atoms with Crippen LogP contribution in [0.2, 0.25) is 0 Å². The molecule has 1 saturated heterocycles. The largest absolute Gasteiger partial charge is 0.373 e. The first-order valence-electron chi connectivity index (χ1n) is 8.54. The molecule has 2 unspecified atom stereocenters. The van der Waals surface area contributed by atoms with Gasteiger partial charge in [-0.25, -0.2) is 0 Å². The van der Waals surface area contributed by atoms with Crippen LogP contribution in [0.4, 0.5) is 5.69 Å². The minimum atomic E-state index is -0.0996. The molecule has 132 valence electrons. The number of nitrogens with zero attached hydrogens (tertiary/aromatic N) is 1. The maximum atomic E-state index is 12.5. The van der Waals surface area contributed by atoms with Crippen LogP contribution in [0.3, 0.4) is 0 Å². The highest BCUT2D eigenvalue weighted by Gasteiger charge is 2.22. The number of rotatable bonds is 4. The number of amides is 1. The number of nitrogens with one attached hydrogen (secondary N) is 1. The molecular weight excluding hydrogens is 380 g/mol. The Balaban J connectivity index is 1.73. The molecule has 2 aromatic carbocycles. The van der Waals surface area contributed by atoms with Gasteiger partial charge in [-0.3, -0.25) is 9.69 Å². The highest BCUT2D eigenvalue weighted by molar-refractivity contribution is 9.10. The first-order chi connectivity index (χ1) is 12.0. The third-order valence-corrected chi connectivity index (χ3v) is 4.73. The zero-order valence-corrected chi connectivity index (χ0v) is 16.1. The predicted octanol–water partition coefficient (Wildman–Crippen LogP) is 4.31. The first kappa shape index (κ1) is 18.1. The van der Waals surface area contributed by atoms with E-state index in [0.717, 1.165) is 35.4 Å². The molecule has 3 rings (SSSR count). The van der Waals surface area contributed by atoms with Gasteiger partial charge in [0.1, 0.15) is 0 Å². The number of para-hydroxylation sites is 1. The molecule has 25 heavy (non-hydrogen) atoms. The Labute approximate surface area is 157 Å². The lowest BCUT2D eigenvalue weighted by molar-refractivity contribution is -0.0704. The zero-order chi connectivity index (χ0) is 17.8. The van der Waals surface area contributed by atoms with Crippen molar-refractivity contribution in [3.8, 4) is 0 Å². The molecule has 0 bridgehead atoms. The van der Waals surface area contributed by atoms with E-state index in [4.69, 9.17) is 4.74 Å². The molecule has 0 radical (unpaired) electrons. The third kappa shape index (κ3) is 4.91. The lowest BCUT2D eigenvalue weighted by Crippen LogP contribution is -2.44. The highest BCUT2D eigenvalue weighted by Crippen LogP contribution is 2.21. The zero-order valence-electron chi connectivity index (χ0n) is 14.5. The van der Waals surface area contributed by atoms with Crippen LogP contribution in [0, 0.1) is 0 Å². The van der Waals surface area contributed by atoms with Crippen molar-refractivity contribution in [2.24, 2.45) is 0 Å². The average Bonchev–Trinajstić information content (AvgIpc) is 2.55. The Hall–Kier alpha value is -1.69. The van der Waals surface area contributed by atoms with E-state index in [1.807, 2.05) is 42.5 Å². The second kappa shape index (κ2) is 8.13. The summed E-state index contributed by atoms with van der Waals surface area (Å²) in [6.07, 6.45) is 0.458. The van der Waals surface area contributed by atoms with Gasteiger partial charge in [-0.1, -0.05) is 40.2 Å². The maximum Gasteiger partial charge on any atom is 0.255 e. The van der Waals surface area contributed by atoms with Crippen LogP contribution < -0.4 is 5.32 Å². The summed E-state index contributed by atoms with van der Waals surface area (Å²) in [7, 11) is 0. The number of morpholine rings is 1. The van der Waals surface area contributed by atoms with Crippen molar-refractivity contribution >= 4 is 27.5 Å². The molecule has 4 nitrogen and oxygen atoms in total. The fraction of sp³-hybridized carbons (Fsp3) is 0.350. The van der Waals surface area contributed by atoms with E-state index >= 15 is 0 Å². The summed E-state index contributed by atoms with van der Waals surface area (Å²) in [6.45, 7) is 6.80. The smallest absolute Gasteiger partial charge is 0.255 e. The van der Waals surface area contributed by atoms with E-state index in [1.165, 1.54) is 0 Å². The lowest BCUT2D eigenvalue weighted by Gasteiger charge is -2.35. The molecule has 0 aliphatic carbocycles. The van der Waals surface area contributed by atoms with E-state index in [0.29, 0.717) is 5.56 Å². The Morgan fingerprint density at radius 2 is 1.88 bits per heavy atom. The molecule has 1 heterocycles. The van der Waals surface area contributed by atoms with Gasteiger partial charge >= 0.3 is 0 Å². The number of ether oxygens (including phenoxy) is 1. The van der Waals surface area contributed by atoms with Crippen molar-refractivity contribution in [2.45, 2.75) is 32.6 Å². The summed E-state index contributed by atoms with van der Waals surface area (Å²) in [5.74, 6) is -0.0996. The molecule has 0 aromatic heterocycles. The minimum absolute atomic E-state index is 0.0996. The number of carbonyl (C=O) groups is 1. The summed E-state index contributed by atoms with van der Waals surface area (Å²) in [6, 6.07) is 15.4. The van der Waals surface area contributed by atoms with Gasteiger partial charge in [0.25, 0.3) is 5.91 Å². The van der Waals surface area contributed by atoms with E-state index < -0.39 is 0 Å². The first-order valence-corrected chi connectivity index (χ1v) is 9.33. The number of anilines is 1. The molecule has 1 N–H and O–H groups in total. The molecule has 1 aliphatic heterocycles. The number of hydrogen-bond acceptors (Lipinski definition) is 3. The van der Waals surface area contributed by atoms with E-state index in [-0.39, 0.29) is 18.1 Å². The highest BCUT2D eigenvalue weighted by atomic mass is 79.9. The molecule has 0 saturated carbocycles. The van der Waals surface area contributed by atoms with E-state index in [2.05, 4.69) is 46.1 Å². The summed E-state index contributed by atoms with van der Waals surface area (Å²) < 4.78 is 6.70. The van der Waals surface area contributed by atoms with Gasteiger partial charge < -0.3 is 10.1 Å². The summed E-state index contributed by atoms with van der Waals surface area (Å²) in [4.78, 5) is 14.9. The van der Waals surface area contributed by atoms with Crippen LogP contribution in [-0.4, -0.2) is 36.1 Å². The van der Waals surface area contributed by atoms with Crippen molar-refractivity contribution in [1.29, 1.82) is 0 Å². The number of halogens is 1. The Morgan fingerprint density at radius 3 is 2.60 bits per heavy atom. The lowest BCUT2D eigenvalue weighted by atomic mass is 10.1. The van der Waals surface area contributed by atoms with Crippen LogP contribution >= 0.6 is 15.9 Å². The monoisotopic (exact) mass is 402 g/mol. The van der Waals surface area contributed by atoms with Crippen molar-refractivity contribution in [1.82, 2.24) is 4.90 Å². The van der Waals surface area contributed by atoms with Gasteiger partial charge in [-0.15, -0.1) is 0 Å². The third-order valence-electron chi connectivity index (χ3n) is 4.24. The Kier molecular flexibility index (Phi) is 5.89. The van der Waals surface area contributed by atoms with Crippen molar-refractivity contribution in [2.75, 3.05) is 18.4 Å². The molecule has 1 aliphatic rings. The quantitative estimate of drug-likeness (QED) is 0.827. The molecule has 2 atom stereocenters. The van der Waals surface area contributed by atoms with E-state index in [9.17, 15) is 4.79 Å². The second-order valence-corrected chi connectivity index (χ2v) is 7.49. The van der Waals surface area contributed by atoms with Gasteiger partial charge in [-0.05, 0) is 43.7 Å². The van der Waals surface area contributed by atoms with E-state index in [1.54, 1.807) is 0 Å². The number of hydrogen-bond donors (Lipinski definition) is 1. The van der Waals surface area contributed by atoms with Crippen molar-refractivity contribution in [3.05, 3.63) is 64.1 Å². The van der Waals surface area contributed by atoms with Gasteiger partial charge in [0, 0.05) is 35.4 Å². The van der Waals surface area contributed by atoms with Crippen LogP contribution in [0.5, 0.6) is 0 Å². The van der Waals surface area contributed by atoms with Gasteiger partial charge in [0.15, 0.2) is 0 Å². The summed E-state index contributed by atoms with van der Waals surface area (Å²) in [5, 5.41) is 3.05. The topological polar surface area (TPSA) is 41.6 Å². The standard InChI is InChI=1S/C20H23BrN2O2/c1-14-11-23(12-15(2)25-14)13-17-6-3-4-9-19(17)22-20(24)16-7-5-8-18(21)10-16/h3-10,14-15H,11-13H2,1-2H3,(H,22,24). The molecule has 1 amide bonds. The van der Waals surface area contributed by atoms with Gasteiger partial charge in [-0.2, -0.15) is 0 Å². The van der Waals surface area contributed by atoms with Crippen molar-refractivity contribution < 1.29 is 9.53 Å². The van der Waals surface area contributed by atoms with Gasteiger partial charge in [0.05, 0.1) is 12.2 Å². The van der Waals surface area contributed by atoms with Crippen LogP contribution in [0.15, 0.2) is 53.0 Å². The van der Waals surface area contributed by atoms with Crippen LogP contribution in [0.25, 0.3) is 0 Å². The SMILES string of the molecule is CC1CN(Cc2ccccc2NC(=O)c2cccc(Br)c2)CC(C)O1. The maximum absolute atomic E-state index is 12.5. The number of carbonyl (C=O) groups excluding carboxylic acids is 1. The predicted molar refractivity (Wildman–Crippen MR) is 104 cm³/mol. The normalized spacial score (nSPS) is 21.1. The van der Waals surface area contributed by atoms with Crippen LogP contribution in [0.1, 0.15) is 29.8 Å². The molecule has 2 aromatic rings. The molecular formula is C20H23BrN2O2. The average molecular weight is 403 g/mol. The Bertz CT molecular complexity index is 740. The fourth-order valence-corrected chi connectivity index (χ4v) is 3.66. The summed E-state index contributed by atoms with van der Waals surface area (Å²) >= 11 is 3.41. The molecule has 0 spiro atoms. The van der Waals surface area contributed by atoms with Crippen LogP contribution in [-0.2, 0) is 11.3 Å². The van der Waals surface area contributed by atoms with Gasteiger partial charge in [0.2, 0.25) is 0 Å². The Morgan fingerprint density at radius 1 is 1.16 bits per heavy atom. The second-order valence-electron chi connectivity index (χ2n) is 6.57.